The summed E-state index contributed by atoms with van der Waals surface area (Å²) in [6, 6.07) is 0.366. The van der Waals surface area contributed by atoms with E-state index in [4.69, 9.17) is 4.84 Å². The summed E-state index contributed by atoms with van der Waals surface area (Å²) in [5.74, 6) is 0. The number of nitrogens with zero attached hydrogens (tertiary/aromatic N) is 2. The highest BCUT2D eigenvalue weighted by atomic mass is 79.9. The van der Waals surface area contributed by atoms with Crippen LogP contribution in [0.15, 0.2) is 11.8 Å². The average molecular weight is 251 g/mol. The van der Waals surface area contributed by atoms with Crippen molar-refractivity contribution in [2.75, 3.05) is 13.2 Å². The Kier molecular flexibility index (Phi) is 5.60. The van der Waals surface area contributed by atoms with Crippen molar-refractivity contribution in [2.24, 2.45) is 0 Å². The van der Waals surface area contributed by atoms with E-state index in [1.165, 1.54) is 5.70 Å². The van der Waals surface area contributed by atoms with Gasteiger partial charge in [-0.1, -0.05) is 5.17 Å². The summed E-state index contributed by atoms with van der Waals surface area (Å²) < 4.78 is 0. The molecule has 0 saturated carbocycles. The fourth-order valence-corrected chi connectivity index (χ4v) is 1.58. The lowest BCUT2D eigenvalue weighted by Crippen LogP contribution is -2.40. The van der Waals surface area contributed by atoms with E-state index in [0.717, 1.165) is 13.2 Å². The molecular formula is C9H19BrN2O. The highest BCUT2D eigenvalue weighted by molar-refractivity contribution is 8.93. The summed E-state index contributed by atoms with van der Waals surface area (Å²) in [5.41, 5.74) is 1.28. The van der Waals surface area contributed by atoms with Crippen molar-refractivity contribution in [2.45, 2.75) is 33.7 Å². The van der Waals surface area contributed by atoms with Crippen LogP contribution in [-0.4, -0.2) is 29.4 Å². The second kappa shape index (κ2) is 5.62. The molecule has 0 aromatic carbocycles. The fourth-order valence-electron chi connectivity index (χ4n) is 1.58. The smallest absolute Gasteiger partial charge is 0.0737 e. The molecule has 0 aromatic rings. The number of hydrazine groups is 1. The van der Waals surface area contributed by atoms with Crippen LogP contribution in [0, 0.1) is 0 Å². The number of hydrogen-bond donors (Lipinski definition) is 0. The van der Waals surface area contributed by atoms with E-state index < -0.39 is 0 Å². The van der Waals surface area contributed by atoms with Gasteiger partial charge in [0.25, 0.3) is 0 Å². The Balaban J connectivity index is 0.00000144. The van der Waals surface area contributed by atoms with Crippen LogP contribution >= 0.6 is 17.0 Å². The van der Waals surface area contributed by atoms with Crippen LogP contribution in [0.3, 0.4) is 0 Å². The molecule has 0 aliphatic carbocycles. The maximum Gasteiger partial charge on any atom is 0.0737 e. The van der Waals surface area contributed by atoms with Crippen LogP contribution in [0.25, 0.3) is 0 Å². The van der Waals surface area contributed by atoms with Crippen LogP contribution in [0.2, 0.25) is 0 Å². The van der Waals surface area contributed by atoms with Gasteiger partial charge in [-0.15, -0.1) is 17.0 Å². The van der Waals surface area contributed by atoms with Crippen LogP contribution in [0.1, 0.15) is 27.7 Å². The summed E-state index contributed by atoms with van der Waals surface area (Å²) >= 11 is 0. The van der Waals surface area contributed by atoms with Gasteiger partial charge in [0.2, 0.25) is 0 Å². The van der Waals surface area contributed by atoms with Crippen molar-refractivity contribution in [1.29, 1.82) is 0 Å². The third-order valence-corrected chi connectivity index (χ3v) is 2.04. The standard InChI is InChI=1S/C9H18N2O.BrH/c1-5-10-8(3)7-9(4)11(10)12-6-2;/h7,9H,5-6H2,1-4H3;1H. The largest absolute Gasteiger partial charge is 0.288 e. The lowest BCUT2D eigenvalue weighted by Gasteiger charge is -2.31. The monoisotopic (exact) mass is 250 g/mol. The minimum atomic E-state index is 0. The summed E-state index contributed by atoms with van der Waals surface area (Å²) in [6.07, 6.45) is 2.21. The van der Waals surface area contributed by atoms with Crippen molar-refractivity contribution < 1.29 is 4.84 Å². The molecule has 1 rings (SSSR count). The van der Waals surface area contributed by atoms with Crippen LogP contribution < -0.4 is 0 Å². The topological polar surface area (TPSA) is 15.7 Å². The Hall–Kier alpha value is -0.0600. The van der Waals surface area contributed by atoms with Gasteiger partial charge in [0.1, 0.15) is 0 Å². The van der Waals surface area contributed by atoms with Gasteiger partial charge >= 0.3 is 0 Å². The van der Waals surface area contributed by atoms with Gasteiger partial charge < -0.3 is 0 Å². The summed E-state index contributed by atoms with van der Waals surface area (Å²) in [4.78, 5) is 5.50. The van der Waals surface area contributed by atoms with Crippen molar-refractivity contribution in [3.63, 3.8) is 0 Å². The fraction of sp³-hybridized carbons (Fsp3) is 0.778. The highest BCUT2D eigenvalue weighted by Gasteiger charge is 2.26. The Bertz CT molecular complexity index is 184. The maximum atomic E-state index is 5.50. The zero-order chi connectivity index (χ0) is 9.14. The number of hydroxylamine groups is 1. The summed E-state index contributed by atoms with van der Waals surface area (Å²) in [5, 5.41) is 4.09. The molecular weight excluding hydrogens is 232 g/mol. The summed E-state index contributed by atoms with van der Waals surface area (Å²) in [7, 11) is 0. The second-order valence-electron chi connectivity index (χ2n) is 2.98. The van der Waals surface area contributed by atoms with Crippen molar-refractivity contribution >= 4 is 17.0 Å². The first-order chi connectivity index (χ1) is 5.70. The number of hydrogen-bond acceptors (Lipinski definition) is 3. The van der Waals surface area contributed by atoms with Crippen LogP contribution in [0.5, 0.6) is 0 Å². The Labute approximate surface area is 91.0 Å². The third kappa shape index (κ3) is 2.69. The van der Waals surface area contributed by atoms with Crippen molar-refractivity contribution in [1.82, 2.24) is 10.2 Å². The van der Waals surface area contributed by atoms with E-state index in [9.17, 15) is 0 Å². The number of halogens is 1. The van der Waals surface area contributed by atoms with E-state index in [1.807, 2.05) is 12.1 Å². The Morgan fingerprint density at radius 1 is 1.46 bits per heavy atom. The molecule has 0 aromatic heterocycles. The molecule has 1 heterocycles. The highest BCUT2D eigenvalue weighted by Crippen LogP contribution is 2.21. The lowest BCUT2D eigenvalue weighted by atomic mass is 10.3. The van der Waals surface area contributed by atoms with Gasteiger partial charge in [-0.25, -0.2) is 0 Å². The van der Waals surface area contributed by atoms with Gasteiger partial charge in [-0.3, -0.25) is 9.85 Å². The molecule has 0 saturated heterocycles. The van der Waals surface area contributed by atoms with Gasteiger partial charge in [0.05, 0.1) is 12.6 Å². The molecule has 1 unspecified atom stereocenters. The molecule has 1 aliphatic heterocycles. The van der Waals surface area contributed by atoms with E-state index in [-0.39, 0.29) is 17.0 Å². The lowest BCUT2D eigenvalue weighted by molar-refractivity contribution is -0.270. The van der Waals surface area contributed by atoms with Gasteiger partial charge in [0, 0.05) is 12.2 Å². The molecule has 0 radical (unpaired) electrons. The van der Waals surface area contributed by atoms with Gasteiger partial charge in [-0.05, 0) is 33.8 Å². The van der Waals surface area contributed by atoms with Crippen molar-refractivity contribution in [3.8, 4) is 0 Å². The van der Waals surface area contributed by atoms with E-state index in [2.05, 4.69) is 31.9 Å². The molecule has 1 atom stereocenters. The first kappa shape index (κ1) is 12.9. The van der Waals surface area contributed by atoms with E-state index in [0.29, 0.717) is 6.04 Å². The average Bonchev–Trinajstić information content (AvgIpc) is 2.28. The third-order valence-electron chi connectivity index (χ3n) is 2.04. The van der Waals surface area contributed by atoms with E-state index >= 15 is 0 Å². The van der Waals surface area contributed by atoms with Crippen LogP contribution in [0.4, 0.5) is 0 Å². The van der Waals surface area contributed by atoms with Crippen LogP contribution in [-0.2, 0) is 4.84 Å². The molecule has 0 amide bonds. The molecule has 13 heavy (non-hydrogen) atoms. The number of rotatable bonds is 3. The zero-order valence-corrected chi connectivity index (χ0v) is 10.5. The molecule has 0 spiro atoms. The molecule has 0 bridgehead atoms. The maximum absolute atomic E-state index is 5.50. The zero-order valence-electron chi connectivity index (χ0n) is 8.78. The summed E-state index contributed by atoms with van der Waals surface area (Å²) in [6.45, 7) is 10.1. The molecule has 0 N–H and O–H groups in total. The van der Waals surface area contributed by atoms with Gasteiger partial charge in [0.15, 0.2) is 0 Å². The molecule has 1 aliphatic rings. The molecule has 78 valence electrons. The Morgan fingerprint density at radius 2 is 2.08 bits per heavy atom. The Morgan fingerprint density at radius 3 is 2.54 bits per heavy atom. The van der Waals surface area contributed by atoms with Crippen molar-refractivity contribution in [3.05, 3.63) is 11.8 Å². The first-order valence-corrected chi connectivity index (χ1v) is 4.58. The van der Waals surface area contributed by atoms with E-state index in [1.54, 1.807) is 0 Å². The second-order valence-corrected chi connectivity index (χ2v) is 2.98. The minimum absolute atomic E-state index is 0. The SMILES string of the molecule is Br.CCON1C(C)C=C(C)N1CC. The predicted octanol–water partition coefficient (Wildman–Crippen LogP) is 2.36. The molecule has 3 nitrogen and oxygen atoms in total. The van der Waals surface area contributed by atoms with Gasteiger partial charge in [-0.2, -0.15) is 0 Å². The molecule has 4 heteroatoms. The number of allylic oxidation sites excluding steroid dienone is 1. The first-order valence-electron chi connectivity index (χ1n) is 4.58. The quantitative estimate of drug-likeness (QED) is 0.765. The predicted molar refractivity (Wildman–Crippen MR) is 59.4 cm³/mol. The normalized spacial score (nSPS) is 22.9. The molecule has 0 fully saturated rings. The minimum Gasteiger partial charge on any atom is -0.288 e.